The van der Waals surface area contributed by atoms with Crippen molar-refractivity contribution in [1.29, 1.82) is 0 Å². The van der Waals surface area contributed by atoms with Crippen molar-refractivity contribution in [3.8, 4) is 0 Å². The Labute approximate surface area is 85.9 Å². The first kappa shape index (κ1) is 12.4. The summed E-state index contributed by atoms with van der Waals surface area (Å²) in [5.74, 6) is 0. The zero-order chi connectivity index (χ0) is 8.81. The molecule has 0 spiro atoms. The normalized spacial score (nSPS) is 9.38. The van der Waals surface area contributed by atoms with Crippen LogP contribution in [0.25, 0.3) is 0 Å². The number of benzene rings is 1. The van der Waals surface area contributed by atoms with Crippen molar-refractivity contribution < 1.29 is 0 Å². The maximum atomic E-state index is 5.49. The lowest BCUT2D eigenvalue weighted by Gasteiger charge is -2.01. The molecule has 0 aromatic heterocycles. The predicted octanol–water partition coefficient (Wildman–Crippen LogP) is 1.33. The minimum Gasteiger partial charge on any atom is -0.326 e. The molecular formula is C10H17ClN2. The minimum atomic E-state index is 0. The first-order valence-corrected chi connectivity index (χ1v) is 4.29. The zero-order valence-electron chi connectivity index (χ0n) is 7.92. The highest BCUT2D eigenvalue weighted by atomic mass is 35.5. The van der Waals surface area contributed by atoms with Gasteiger partial charge in [-0.3, -0.25) is 0 Å². The van der Waals surface area contributed by atoms with Crippen LogP contribution in [0.15, 0.2) is 24.3 Å². The number of nitrogens with two attached hydrogens (primary N) is 1. The molecule has 0 fully saturated rings. The molecule has 0 heterocycles. The Hall–Kier alpha value is -0.570. The molecule has 0 amide bonds. The van der Waals surface area contributed by atoms with E-state index in [1.807, 2.05) is 7.05 Å². The molecule has 1 aromatic carbocycles. The summed E-state index contributed by atoms with van der Waals surface area (Å²) in [4.78, 5) is 0. The second-order valence-electron chi connectivity index (χ2n) is 2.87. The van der Waals surface area contributed by atoms with Gasteiger partial charge in [0, 0.05) is 6.54 Å². The number of hydrogen-bond acceptors (Lipinski definition) is 2. The molecule has 3 N–H and O–H groups in total. The van der Waals surface area contributed by atoms with Crippen LogP contribution in [0.4, 0.5) is 0 Å². The highest BCUT2D eigenvalue weighted by Crippen LogP contribution is 2.03. The smallest absolute Gasteiger partial charge is 0.0178 e. The maximum Gasteiger partial charge on any atom is 0.0178 e. The summed E-state index contributed by atoms with van der Waals surface area (Å²) in [6.07, 6.45) is 1.08. The molecule has 3 heteroatoms. The van der Waals surface area contributed by atoms with Gasteiger partial charge in [0.2, 0.25) is 0 Å². The van der Waals surface area contributed by atoms with E-state index in [4.69, 9.17) is 5.73 Å². The van der Waals surface area contributed by atoms with Crippen molar-refractivity contribution in [3.63, 3.8) is 0 Å². The van der Waals surface area contributed by atoms with Gasteiger partial charge in [0.1, 0.15) is 0 Å². The monoisotopic (exact) mass is 200 g/mol. The van der Waals surface area contributed by atoms with Gasteiger partial charge in [0.25, 0.3) is 0 Å². The van der Waals surface area contributed by atoms with E-state index in [-0.39, 0.29) is 12.4 Å². The van der Waals surface area contributed by atoms with Gasteiger partial charge in [-0.15, -0.1) is 12.4 Å². The largest absolute Gasteiger partial charge is 0.326 e. The molecule has 0 aliphatic heterocycles. The molecule has 0 saturated heterocycles. The molecule has 1 rings (SSSR count). The average molecular weight is 201 g/mol. The minimum absolute atomic E-state index is 0. The third-order valence-electron chi connectivity index (χ3n) is 1.92. The highest BCUT2D eigenvalue weighted by Gasteiger charge is 1.91. The molecule has 1 aromatic rings. The van der Waals surface area contributed by atoms with E-state index in [9.17, 15) is 0 Å². The van der Waals surface area contributed by atoms with Crippen LogP contribution in [-0.4, -0.2) is 13.6 Å². The Balaban J connectivity index is 0.00000144. The van der Waals surface area contributed by atoms with E-state index in [1.165, 1.54) is 11.1 Å². The van der Waals surface area contributed by atoms with Gasteiger partial charge in [0.05, 0.1) is 0 Å². The van der Waals surface area contributed by atoms with Gasteiger partial charge in [-0.2, -0.15) is 0 Å². The molecule has 74 valence electrons. The van der Waals surface area contributed by atoms with Crippen LogP contribution >= 0.6 is 12.4 Å². The summed E-state index contributed by atoms with van der Waals surface area (Å²) < 4.78 is 0. The first-order chi connectivity index (χ1) is 5.86. The number of likely N-dealkylation sites (N-methyl/N-ethyl adjacent to an activating group) is 1. The van der Waals surface area contributed by atoms with Crippen LogP contribution in [0.1, 0.15) is 11.1 Å². The Morgan fingerprint density at radius 1 is 1.15 bits per heavy atom. The number of nitrogens with one attached hydrogen (secondary N) is 1. The Kier molecular flexibility index (Phi) is 6.59. The molecule has 13 heavy (non-hydrogen) atoms. The fourth-order valence-corrected chi connectivity index (χ4v) is 1.11. The average Bonchev–Trinajstić information content (AvgIpc) is 2.15. The van der Waals surface area contributed by atoms with E-state index < -0.39 is 0 Å². The molecule has 0 unspecified atom stereocenters. The van der Waals surface area contributed by atoms with Gasteiger partial charge in [-0.25, -0.2) is 0 Å². The second kappa shape index (κ2) is 6.89. The van der Waals surface area contributed by atoms with Gasteiger partial charge in [-0.1, -0.05) is 24.3 Å². The van der Waals surface area contributed by atoms with Crippen LogP contribution in [0.3, 0.4) is 0 Å². The lowest BCUT2D eigenvalue weighted by atomic mass is 10.1. The molecule has 0 aliphatic carbocycles. The van der Waals surface area contributed by atoms with Crippen molar-refractivity contribution >= 4 is 12.4 Å². The van der Waals surface area contributed by atoms with Crippen LogP contribution < -0.4 is 11.1 Å². The van der Waals surface area contributed by atoms with E-state index in [1.54, 1.807) is 0 Å². The van der Waals surface area contributed by atoms with E-state index in [0.717, 1.165) is 13.0 Å². The summed E-state index contributed by atoms with van der Waals surface area (Å²) in [6, 6.07) is 8.45. The van der Waals surface area contributed by atoms with Gasteiger partial charge < -0.3 is 11.1 Å². The fraction of sp³-hybridized carbons (Fsp3) is 0.400. The third kappa shape index (κ3) is 4.27. The first-order valence-electron chi connectivity index (χ1n) is 4.29. The maximum absolute atomic E-state index is 5.49. The summed E-state index contributed by atoms with van der Waals surface area (Å²) in [6.45, 7) is 1.66. The van der Waals surface area contributed by atoms with Crippen molar-refractivity contribution in [1.82, 2.24) is 5.32 Å². The number of halogens is 1. The van der Waals surface area contributed by atoms with E-state index in [0.29, 0.717) is 6.54 Å². The number of rotatable bonds is 4. The molecule has 0 aliphatic rings. The highest BCUT2D eigenvalue weighted by molar-refractivity contribution is 5.85. The summed E-state index contributed by atoms with van der Waals surface area (Å²) in [5, 5.41) is 3.12. The lowest BCUT2D eigenvalue weighted by molar-refractivity contribution is 0.791. The van der Waals surface area contributed by atoms with Gasteiger partial charge in [0.15, 0.2) is 0 Å². The van der Waals surface area contributed by atoms with Crippen molar-refractivity contribution in [3.05, 3.63) is 35.4 Å². The van der Waals surface area contributed by atoms with Crippen molar-refractivity contribution in [2.45, 2.75) is 13.0 Å². The van der Waals surface area contributed by atoms with Gasteiger partial charge in [-0.05, 0) is 31.1 Å². The van der Waals surface area contributed by atoms with Crippen molar-refractivity contribution in [2.75, 3.05) is 13.6 Å². The standard InChI is InChI=1S/C10H16N2.ClH/c1-12-7-6-9-2-4-10(8-11)5-3-9;/h2-5,12H,6-8,11H2,1H3;1H. The SMILES string of the molecule is CNCCc1ccc(CN)cc1.Cl. The third-order valence-corrected chi connectivity index (χ3v) is 1.92. The quantitative estimate of drug-likeness (QED) is 0.770. The molecule has 0 saturated carbocycles. The summed E-state index contributed by atoms with van der Waals surface area (Å²) in [7, 11) is 1.97. The van der Waals surface area contributed by atoms with Crippen molar-refractivity contribution in [2.24, 2.45) is 5.73 Å². The topological polar surface area (TPSA) is 38.0 Å². The van der Waals surface area contributed by atoms with E-state index in [2.05, 4.69) is 29.6 Å². The Bertz CT molecular complexity index is 221. The van der Waals surface area contributed by atoms with Crippen LogP contribution in [0.2, 0.25) is 0 Å². The molecular weight excluding hydrogens is 184 g/mol. The summed E-state index contributed by atoms with van der Waals surface area (Å²) >= 11 is 0. The van der Waals surface area contributed by atoms with Crippen LogP contribution in [-0.2, 0) is 13.0 Å². The second-order valence-corrected chi connectivity index (χ2v) is 2.87. The molecule has 2 nitrogen and oxygen atoms in total. The number of hydrogen-bond donors (Lipinski definition) is 2. The van der Waals surface area contributed by atoms with Gasteiger partial charge >= 0.3 is 0 Å². The fourth-order valence-electron chi connectivity index (χ4n) is 1.11. The molecule has 0 bridgehead atoms. The van der Waals surface area contributed by atoms with Crippen LogP contribution in [0.5, 0.6) is 0 Å². The van der Waals surface area contributed by atoms with Crippen LogP contribution in [0, 0.1) is 0 Å². The molecule has 0 atom stereocenters. The van der Waals surface area contributed by atoms with E-state index >= 15 is 0 Å². The molecule has 0 radical (unpaired) electrons. The zero-order valence-corrected chi connectivity index (χ0v) is 8.73. The lowest BCUT2D eigenvalue weighted by Crippen LogP contribution is -2.10. The summed E-state index contributed by atoms with van der Waals surface area (Å²) in [5.41, 5.74) is 8.05. The predicted molar refractivity (Wildman–Crippen MR) is 59.2 cm³/mol. The Morgan fingerprint density at radius 3 is 2.15 bits per heavy atom. The Morgan fingerprint density at radius 2 is 1.69 bits per heavy atom.